The standard InChI is InChI=1S/C41H49N5/c42-26-28-11-15-30(16-12-28)31-19-21-33(22-20-31)37-23-36(32-17-13-29(27-43)14-18-32)24-38(25-37)41-45-39(34-7-3-1-4-8-34)44-40(46-41)35-9-5-2-6-10-35/h1,3,5,7,9-11,15,19,23-25,28-30,32-33,39-41,44-46H,2,4,6,8,12-14,16-18,20-22H2. The van der Waals surface area contributed by atoms with Crippen LogP contribution in [0.2, 0.25) is 0 Å². The Bertz CT molecular complexity index is 1530. The van der Waals surface area contributed by atoms with Crippen molar-refractivity contribution >= 4 is 0 Å². The summed E-state index contributed by atoms with van der Waals surface area (Å²) in [6.45, 7) is 0. The lowest BCUT2D eigenvalue weighted by Gasteiger charge is -2.42. The van der Waals surface area contributed by atoms with Gasteiger partial charge in [-0.2, -0.15) is 10.5 Å². The lowest BCUT2D eigenvalue weighted by molar-refractivity contribution is 0.240. The minimum Gasteiger partial charge on any atom is -0.279 e. The van der Waals surface area contributed by atoms with E-state index in [2.05, 4.69) is 101 Å². The van der Waals surface area contributed by atoms with Crippen molar-refractivity contribution in [2.45, 2.75) is 114 Å². The second-order valence-corrected chi connectivity index (χ2v) is 14.4. The molecule has 1 aromatic carbocycles. The fourth-order valence-corrected chi connectivity index (χ4v) is 8.58. The first-order chi connectivity index (χ1) is 22.7. The van der Waals surface area contributed by atoms with Gasteiger partial charge >= 0.3 is 0 Å². The molecule has 3 N–H and O–H groups in total. The van der Waals surface area contributed by atoms with Crippen LogP contribution in [0.5, 0.6) is 0 Å². The van der Waals surface area contributed by atoms with Crippen LogP contribution in [0.15, 0.2) is 89.6 Å². The van der Waals surface area contributed by atoms with Gasteiger partial charge in [0.05, 0.1) is 36.6 Å². The molecule has 0 amide bonds. The number of hydrogen-bond donors (Lipinski definition) is 3. The van der Waals surface area contributed by atoms with Crippen molar-refractivity contribution in [1.29, 1.82) is 10.5 Å². The van der Waals surface area contributed by atoms with Crippen LogP contribution in [-0.4, -0.2) is 12.3 Å². The molecule has 0 radical (unpaired) electrons. The van der Waals surface area contributed by atoms with Crippen molar-refractivity contribution in [3.8, 4) is 12.1 Å². The molecule has 1 aliphatic heterocycles. The summed E-state index contributed by atoms with van der Waals surface area (Å²) in [7, 11) is 0. The first kappa shape index (κ1) is 31.1. The number of nitrogens with zero attached hydrogens (tertiary/aromatic N) is 2. The van der Waals surface area contributed by atoms with E-state index in [0.717, 1.165) is 77.0 Å². The monoisotopic (exact) mass is 611 g/mol. The van der Waals surface area contributed by atoms with E-state index < -0.39 is 0 Å². The zero-order chi connectivity index (χ0) is 31.3. The average molecular weight is 612 g/mol. The van der Waals surface area contributed by atoms with Crippen molar-refractivity contribution in [3.63, 3.8) is 0 Å². The van der Waals surface area contributed by atoms with Gasteiger partial charge in [-0.1, -0.05) is 78.5 Å². The fraction of sp³-hybridized carbons (Fsp3) is 0.512. The Labute approximate surface area is 275 Å². The van der Waals surface area contributed by atoms with Crippen LogP contribution in [0.4, 0.5) is 0 Å². The van der Waals surface area contributed by atoms with Crippen LogP contribution in [0.25, 0.3) is 0 Å². The van der Waals surface area contributed by atoms with Gasteiger partial charge in [0.25, 0.3) is 0 Å². The Morgan fingerprint density at radius 3 is 2.11 bits per heavy atom. The van der Waals surface area contributed by atoms with Gasteiger partial charge in [0.15, 0.2) is 0 Å². The van der Waals surface area contributed by atoms with Crippen LogP contribution < -0.4 is 16.0 Å². The maximum Gasteiger partial charge on any atom is 0.0864 e. The number of benzene rings is 1. The quantitative estimate of drug-likeness (QED) is 0.280. The average Bonchev–Trinajstić information content (AvgIpc) is 3.15. The molecule has 0 bridgehead atoms. The van der Waals surface area contributed by atoms with Gasteiger partial charge in [-0.05, 0) is 129 Å². The molecule has 0 spiro atoms. The molecule has 5 heteroatoms. The molecule has 6 unspecified atom stereocenters. The molecule has 0 aromatic heterocycles. The maximum atomic E-state index is 9.57. The summed E-state index contributed by atoms with van der Waals surface area (Å²) >= 11 is 0. The Hall–Kier alpha value is -3.48. The predicted octanol–water partition coefficient (Wildman–Crippen LogP) is 8.77. The summed E-state index contributed by atoms with van der Waals surface area (Å²) in [5, 5.41) is 30.7. The summed E-state index contributed by atoms with van der Waals surface area (Å²) in [5.74, 6) is 1.84. The van der Waals surface area contributed by atoms with Crippen LogP contribution in [0.3, 0.4) is 0 Å². The second kappa shape index (κ2) is 14.5. The van der Waals surface area contributed by atoms with E-state index in [-0.39, 0.29) is 30.3 Å². The molecule has 1 saturated heterocycles. The van der Waals surface area contributed by atoms with Crippen LogP contribution >= 0.6 is 0 Å². The highest BCUT2D eigenvalue weighted by Crippen LogP contribution is 2.42. The Kier molecular flexibility index (Phi) is 9.83. The van der Waals surface area contributed by atoms with Gasteiger partial charge < -0.3 is 0 Å². The molecule has 6 atom stereocenters. The predicted molar refractivity (Wildman–Crippen MR) is 185 cm³/mol. The lowest BCUT2D eigenvalue weighted by atomic mass is 9.75. The zero-order valence-electron chi connectivity index (χ0n) is 27.1. The van der Waals surface area contributed by atoms with Crippen LogP contribution in [0.1, 0.15) is 118 Å². The van der Waals surface area contributed by atoms with E-state index >= 15 is 0 Å². The molecule has 1 heterocycles. The van der Waals surface area contributed by atoms with E-state index in [1.54, 1.807) is 5.57 Å². The summed E-state index contributed by atoms with van der Waals surface area (Å²) in [5.41, 5.74) is 8.61. The molecular formula is C41H49N5. The first-order valence-corrected chi connectivity index (χ1v) is 18.0. The van der Waals surface area contributed by atoms with E-state index in [4.69, 9.17) is 0 Å². The van der Waals surface area contributed by atoms with Crippen molar-refractivity contribution in [2.24, 2.45) is 17.8 Å². The number of hydrogen-bond acceptors (Lipinski definition) is 5. The van der Waals surface area contributed by atoms with Gasteiger partial charge in [0.1, 0.15) is 0 Å². The lowest BCUT2D eigenvalue weighted by Crippen LogP contribution is -2.64. The van der Waals surface area contributed by atoms with Crippen molar-refractivity contribution in [3.05, 3.63) is 106 Å². The molecular weight excluding hydrogens is 562 g/mol. The molecule has 7 rings (SSSR count). The van der Waals surface area contributed by atoms with Gasteiger partial charge in [-0.25, -0.2) is 0 Å². The second-order valence-electron chi connectivity index (χ2n) is 14.4. The van der Waals surface area contributed by atoms with Crippen molar-refractivity contribution < 1.29 is 0 Å². The van der Waals surface area contributed by atoms with Gasteiger partial charge in [-0.15, -0.1) is 0 Å². The van der Waals surface area contributed by atoms with Crippen molar-refractivity contribution in [1.82, 2.24) is 16.0 Å². The molecule has 5 nitrogen and oxygen atoms in total. The molecule has 1 saturated carbocycles. The maximum absolute atomic E-state index is 9.57. The highest BCUT2D eigenvalue weighted by molar-refractivity contribution is 5.39. The van der Waals surface area contributed by atoms with Gasteiger partial charge in [0.2, 0.25) is 0 Å². The minimum atomic E-state index is 0.0311. The molecule has 46 heavy (non-hydrogen) atoms. The highest BCUT2D eigenvalue weighted by Gasteiger charge is 2.33. The summed E-state index contributed by atoms with van der Waals surface area (Å²) in [6, 6.07) is 12.5. The normalized spacial score (nSPS) is 34.5. The number of nitriles is 2. The number of allylic oxidation sites excluding steroid dienone is 9. The van der Waals surface area contributed by atoms with Gasteiger partial charge in [0, 0.05) is 5.92 Å². The highest BCUT2D eigenvalue weighted by atomic mass is 15.4. The van der Waals surface area contributed by atoms with Gasteiger partial charge in [-0.3, -0.25) is 16.0 Å². The van der Waals surface area contributed by atoms with Crippen molar-refractivity contribution in [2.75, 3.05) is 0 Å². The molecule has 6 aliphatic rings. The Balaban J connectivity index is 1.18. The Morgan fingerprint density at radius 2 is 1.43 bits per heavy atom. The number of nitrogens with one attached hydrogen (secondary N) is 3. The molecule has 1 aromatic rings. The topological polar surface area (TPSA) is 83.7 Å². The molecule has 2 fully saturated rings. The number of rotatable bonds is 6. The smallest absolute Gasteiger partial charge is 0.0864 e. The molecule has 5 aliphatic carbocycles. The molecule has 238 valence electrons. The largest absolute Gasteiger partial charge is 0.279 e. The van der Waals surface area contributed by atoms with Crippen LogP contribution in [-0.2, 0) is 0 Å². The summed E-state index contributed by atoms with van der Waals surface area (Å²) in [4.78, 5) is 0. The summed E-state index contributed by atoms with van der Waals surface area (Å²) < 4.78 is 0. The zero-order valence-corrected chi connectivity index (χ0v) is 27.1. The van der Waals surface area contributed by atoms with E-state index in [0.29, 0.717) is 17.8 Å². The fourth-order valence-electron chi connectivity index (χ4n) is 8.58. The minimum absolute atomic E-state index is 0.0311. The third-order valence-corrected chi connectivity index (χ3v) is 11.4. The Morgan fingerprint density at radius 1 is 0.630 bits per heavy atom. The van der Waals surface area contributed by atoms with Crippen LogP contribution in [0, 0.1) is 40.4 Å². The van der Waals surface area contributed by atoms with E-state index in [1.807, 2.05) is 0 Å². The van der Waals surface area contributed by atoms with E-state index in [9.17, 15) is 10.5 Å². The SMILES string of the molecule is N#CC1C=CC(C2=CCC(c3cc(C4CCC(C#N)CC4)cc(C4NC(C5=CCCC=C5)NC(C5=CC=CCC5)N4)c3)CC2)CC1. The van der Waals surface area contributed by atoms with E-state index in [1.165, 1.54) is 34.3 Å². The summed E-state index contributed by atoms with van der Waals surface area (Å²) in [6.07, 6.45) is 35.0. The third kappa shape index (κ3) is 7.08. The third-order valence-electron chi connectivity index (χ3n) is 11.4. The first-order valence-electron chi connectivity index (χ1n) is 18.0.